The van der Waals surface area contributed by atoms with E-state index in [1.54, 1.807) is 7.05 Å². The van der Waals surface area contributed by atoms with Crippen molar-refractivity contribution in [3.63, 3.8) is 0 Å². The summed E-state index contributed by atoms with van der Waals surface area (Å²) in [7, 11) is 1.63. The minimum Gasteiger partial charge on any atom is -0.434 e. The lowest BCUT2D eigenvalue weighted by molar-refractivity contribution is -0.0506. The lowest BCUT2D eigenvalue weighted by atomic mass is 10.2. The topological polar surface area (TPSA) is 45.7 Å². The molecule has 0 bridgehead atoms. The van der Waals surface area contributed by atoms with Gasteiger partial charge in [-0.05, 0) is 37.1 Å². The van der Waals surface area contributed by atoms with Gasteiger partial charge in [-0.2, -0.15) is 20.5 Å². The van der Waals surface area contributed by atoms with Crippen LogP contribution < -0.4 is 15.4 Å². The van der Waals surface area contributed by atoms with Gasteiger partial charge in [-0.3, -0.25) is 4.99 Å². The molecule has 2 unspecified atom stereocenters. The summed E-state index contributed by atoms with van der Waals surface area (Å²) in [5.74, 6) is 0.864. The Bertz CT molecular complexity index is 592. The molecule has 0 aliphatic heterocycles. The summed E-state index contributed by atoms with van der Waals surface area (Å²) in [4.78, 5) is 4.13. The quantitative estimate of drug-likeness (QED) is 0.330. The highest BCUT2D eigenvalue weighted by Crippen LogP contribution is 2.29. The first kappa shape index (κ1) is 23.2. The highest BCUT2D eigenvalue weighted by atomic mass is 127. The van der Waals surface area contributed by atoms with Crippen molar-refractivity contribution in [2.24, 2.45) is 4.99 Å². The Kier molecular flexibility index (Phi) is 10.5. The number of halogens is 4. The van der Waals surface area contributed by atoms with Gasteiger partial charge in [0.1, 0.15) is 11.6 Å². The van der Waals surface area contributed by atoms with E-state index in [4.69, 9.17) is 0 Å². The normalized spacial score (nSPS) is 20.0. The minimum atomic E-state index is -3.00. The molecular formula is C17H25F3IN3OS. The number of hydrogen-bond donors (Lipinski definition) is 2. The summed E-state index contributed by atoms with van der Waals surface area (Å²) in [6.45, 7) is -0.836. The van der Waals surface area contributed by atoms with Gasteiger partial charge in [-0.25, -0.2) is 4.39 Å². The van der Waals surface area contributed by atoms with Gasteiger partial charge in [0.2, 0.25) is 0 Å². The first-order valence-electron chi connectivity index (χ1n) is 8.34. The van der Waals surface area contributed by atoms with Crippen LogP contribution in [0.3, 0.4) is 0 Å². The number of ether oxygens (including phenoxy) is 1. The lowest BCUT2D eigenvalue weighted by Crippen LogP contribution is -2.42. The summed E-state index contributed by atoms with van der Waals surface area (Å²) in [6, 6.07) is 4.20. The van der Waals surface area contributed by atoms with E-state index in [-0.39, 0.29) is 41.8 Å². The zero-order valence-electron chi connectivity index (χ0n) is 14.8. The van der Waals surface area contributed by atoms with Crippen molar-refractivity contribution in [1.82, 2.24) is 10.6 Å². The molecular weight excluding hydrogens is 478 g/mol. The molecule has 2 atom stereocenters. The largest absolute Gasteiger partial charge is 0.434 e. The average molecular weight is 503 g/mol. The summed E-state index contributed by atoms with van der Waals surface area (Å²) in [5, 5.41) is 6.95. The Hall–Kier alpha value is -0.840. The van der Waals surface area contributed by atoms with Gasteiger partial charge in [0.05, 0.1) is 0 Å². The number of aliphatic imine (C=N–C) groups is 1. The van der Waals surface area contributed by atoms with Gasteiger partial charge in [0.15, 0.2) is 5.96 Å². The number of alkyl halides is 2. The van der Waals surface area contributed by atoms with Crippen LogP contribution >= 0.6 is 35.7 Å². The molecule has 0 spiro atoms. The van der Waals surface area contributed by atoms with E-state index in [2.05, 4.69) is 27.3 Å². The van der Waals surface area contributed by atoms with E-state index < -0.39 is 12.4 Å². The van der Waals surface area contributed by atoms with E-state index in [1.807, 2.05) is 11.8 Å². The third-order valence-electron chi connectivity index (χ3n) is 4.08. The highest BCUT2D eigenvalue weighted by Gasteiger charge is 2.25. The first-order chi connectivity index (χ1) is 12.0. The molecule has 0 amide bonds. The maximum atomic E-state index is 14.0. The van der Waals surface area contributed by atoms with Crippen LogP contribution in [0.15, 0.2) is 23.2 Å². The second kappa shape index (κ2) is 11.8. The van der Waals surface area contributed by atoms with Crippen molar-refractivity contribution < 1.29 is 17.9 Å². The van der Waals surface area contributed by atoms with Gasteiger partial charge < -0.3 is 15.4 Å². The number of thioether (sulfide) groups is 1. The van der Waals surface area contributed by atoms with Gasteiger partial charge in [-0.1, -0.05) is 13.0 Å². The fourth-order valence-electron chi connectivity index (χ4n) is 2.94. The Morgan fingerprint density at radius 1 is 1.38 bits per heavy atom. The lowest BCUT2D eigenvalue weighted by Gasteiger charge is -2.18. The number of nitrogens with one attached hydrogen (secondary N) is 2. The number of nitrogens with zero attached hydrogens (tertiary/aromatic N) is 1. The predicted octanol–water partition coefficient (Wildman–Crippen LogP) is 4.38. The first-order valence-corrected chi connectivity index (χ1v) is 9.39. The molecule has 148 valence electrons. The zero-order chi connectivity index (χ0) is 18.2. The van der Waals surface area contributed by atoms with Crippen LogP contribution in [0.4, 0.5) is 13.2 Å². The average Bonchev–Trinajstić information content (AvgIpc) is 3.00. The van der Waals surface area contributed by atoms with Crippen molar-refractivity contribution in [2.75, 3.05) is 12.8 Å². The molecule has 2 N–H and O–H groups in total. The molecule has 0 aromatic heterocycles. The van der Waals surface area contributed by atoms with E-state index in [1.165, 1.54) is 18.2 Å². The molecule has 1 aromatic carbocycles. The van der Waals surface area contributed by atoms with Gasteiger partial charge in [-0.15, -0.1) is 24.0 Å². The minimum absolute atomic E-state index is 0. The third-order valence-corrected chi connectivity index (χ3v) is 5.31. The summed E-state index contributed by atoms with van der Waals surface area (Å²) < 4.78 is 43.3. The van der Waals surface area contributed by atoms with Gasteiger partial charge >= 0.3 is 6.61 Å². The molecule has 26 heavy (non-hydrogen) atoms. The van der Waals surface area contributed by atoms with Crippen LogP contribution in [0.2, 0.25) is 0 Å². The molecule has 2 rings (SSSR count). The van der Waals surface area contributed by atoms with Gasteiger partial charge in [0.25, 0.3) is 0 Å². The molecule has 1 fully saturated rings. The smallest absolute Gasteiger partial charge is 0.387 e. The maximum absolute atomic E-state index is 14.0. The molecule has 0 radical (unpaired) electrons. The number of benzene rings is 1. The standard InChI is InChI=1S/C17H24F3N3OS.HI/c1-3-25-12-8-7-11(9-12)23-17(21-2)22-10-13-14(18)5-4-6-15(13)24-16(19)20;/h4-6,11-12,16H,3,7-10H2,1-2H3,(H2,21,22,23);1H. The maximum Gasteiger partial charge on any atom is 0.387 e. The second-order valence-electron chi connectivity index (χ2n) is 5.75. The number of guanidine groups is 1. The Morgan fingerprint density at radius 2 is 2.15 bits per heavy atom. The molecule has 1 aromatic rings. The van der Waals surface area contributed by atoms with Gasteiger partial charge in [0, 0.05) is 30.4 Å². The van der Waals surface area contributed by atoms with Crippen LogP contribution in [0.25, 0.3) is 0 Å². The highest BCUT2D eigenvalue weighted by molar-refractivity contribution is 14.0. The second-order valence-corrected chi connectivity index (χ2v) is 7.33. The Labute approximate surface area is 173 Å². The van der Waals surface area contributed by atoms with Crippen molar-refractivity contribution in [2.45, 2.75) is 50.6 Å². The van der Waals surface area contributed by atoms with Crippen LogP contribution in [-0.4, -0.2) is 36.7 Å². The summed E-state index contributed by atoms with van der Waals surface area (Å²) in [5.41, 5.74) is 0.0524. The van der Waals surface area contributed by atoms with Crippen LogP contribution in [0.1, 0.15) is 31.7 Å². The van der Waals surface area contributed by atoms with E-state index in [9.17, 15) is 13.2 Å². The fraction of sp³-hybridized carbons (Fsp3) is 0.588. The molecule has 1 saturated carbocycles. The van der Waals surface area contributed by atoms with Crippen LogP contribution in [0.5, 0.6) is 5.75 Å². The summed E-state index contributed by atoms with van der Waals surface area (Å²) >= 11 is 1.96. The molecule has 0 heterocycles. The van der Waals surface area contributed by atoms with E-state index >= 15 is 0 Å². The molecule has 1 aliphatic carbocycles. The molecule has 4 nitrogen and oxygen atoms in total. The number of rotatable bonds is 7. The Morgan fingerprint density at radius 3 is 2.81 bits per heavy atom. The van der Waals surface area contributed by atoms with Crippen molar-refractivity contribution >= 4 is 41.7 Å². The SMILES string of the molecule is CCSC1CCC(NC(=NC)NCc2c(F)cccc2OC(F)F)C1.I. The summed E-state index contributed by atoms with van der Waals surface area (Å²) in [6.07, 6.45) is 3.27. The number of hydrogen-bond acceptors (Lipinski definition) is 3. The van der Waals surface area contributed by atoms with Crippen molar-refractivity contribution in [3.8, 4) is 5.75 Å². The molecule has 1 aliphatic rings. The predicted molar refractivity (Wildman–Crippen MR) is 111 cm³/mol. The molecule has 9 heteroatoms. The van der Waals surface area contributed by atoms with Crippen LogP contribution in [0, 0.1) is 5.82 Å². The Balaban J connectivity index is 0.00000338. The monoisotopic (exact) mass is 503 g/mol. The molecule has 0 saturated heterocycles. The van der Waals surface area contributed by atoms with Crippen LogP contribution in [-0.2, 0) is 6.54 Å². The fourth-order valence-corrected chi connectivity index (χ4v) is 4.08. The van der Waals surface area contributed by atoms with Crippen molar-refractivity contribution in [3.05, 3.63) is 29.6 Å². The van der Waals surface area contributed by atoms with E-state index in [0.29, 0.717) is 17.3 Å². The zero-order valence-corrected chi connectivity index (χ0v) is 18.0. The third kappa shape index (κ3) is 7.05. The van der Waals surface area contributed by atoms with E-state index in [0.717, 1.165) is 25.0 Å². The van der Waals surface area contributed by atoms with Crippen molar-refractivity contribution in [1.29, 1.82) is 0 Å².